The first-order chi connectivity index (χ1) is 11.7. The number of aryl methyl sites for hydroxylation is 2. The van der Waals surface area contributed by atoms with Crippen LogP contribution in [0.2, 0.25) is 0 Å². The van der Waals surface area contributed by atoms with Crippen molar-refractivity contribution in [2.24, 2.45) is 0 Å². The Morgan fingerprint density at radius 1 is 0.583 bits per heavy atom. The van der Waals surface area contributed by atoms with Crippen molar-refractivity contribution in [3.05, 3.63) is 105 Å². The normalized spacial score (nSPS) is 22.8. The Balaban J connectivity index is 1.77. The van der Waals surface area contributed by atoms with E-state index in [2.05, 4.69) is 86.7 Å². The van der Waals surface area contributed by atoms with Crippen LogP contribution in [0.15, 0.2) is 71.8 Å². The van der Waals surface area contributed by atoms with E-state index >= 15 is 0 Å². The molecule has 116 valence electrons. The lowest BCUT2D eigenvalue weighted by Gasteiger charge is -2.38. The van der Waals surface area contributed by atoms with Gasteiger partial charge in [0.15, 0.2) is 0 Å². The maximum atomic E-state index is 2.38. The zero-order chi connectivity index (χ0) is 16.3. The van der Waals surface area contributed by atoms with Crippen molar-refractivity contribution in [3.63, 3.8) is 0 Å². The van der Waals surface area contributed by atoms with Crippen LogP contribution in [-0.4, -0.2) is 0 Å². The van der Waals surface area contributed by atoms with Gasteiger partial charge in [0, 0.05) is 11.8 Å². The monoisotopic (exact) mass is 308 g/mol. The Bertz CT molecular complexity index is 898. The van der Waals surface area contributed by atoms with Gasteiger partial charge in [-0.2, -0.15) is 0 Å². The summed E-state index contributed by atoms with van der Waals surface area (Å²) in [5, 5.41) is 0. The molecule has 0 bridgehead atoms. The summed E-state index contributed by atoms with van der Waals surface area (Å²) < 4.78 is 0. The maximum Gasteiger partial charge on any atom is 0.0205 e. The Kier molecular flexibility index (Phi) is 2.84. The summed E-state index contributed by atoms with van der Waals surface area (Å²) in [6, 6.07) is 13.7. The molecule has 0 saturated heterocycles. The highest BCUT2D eigenvalue weighted by atomic mass is 14.4. The lowest BCUT2D eigenvalue weighted by atomic mass is 9.65. The molecule has 2 aromatic rings. The third-order valence-electron chi connectivity index (χ3n) is 5.59. The van der Waals surface area contributed by atoms with Crippen molar-refractivity contribution in [1.82, 2.24) is 0 Å². The predicted molar refractivity (Wildman–Crippen MR) is 102 cm³/mol. The molecule has 3 aliphatic carbocycles. The number of rotatable bonds is 0. The maximum absolute atomic E-state index is 2.38. The molecule has 0 heterocycles. The summed E-state index contributed by atoms with van der Waals surface area (Å²) in [7, 11) is 0. The predicted octanol–water partition coefficient (Wildman–Crippen LogP) is 6.09. The third-order valence-corrected chi connectivity index (χ3v) is 5.59. The Morgan fingerprint density at radius 2 is 1.04 bits per heavy atom. The van der Waals surface area contributed by atoms with Gasteiger partial charge in [0.05, 0.1) is 0 Å². The van der Waals surface area contributed by atoms with Gasteiger partial charge in [0.2, 0.25) is 0 Å². The first-order valence-electron chi connectivity index (χ1n) is 8.70. The topological polar surface area (TPSA) is 0 Å². The van der Waals surface area contributed by atoms with E-state index in [4.69, 9.17) is 0 Å². The second-order valence-corrected chi connectivity index (χ2v) is 7.22. The van der Waals surface area contributed by atoms with E-state index < -0.39 is 0 Å². The molecule has 0 heteroatoms. The van der Waals surface area contributed by atoms with E-state index in [0.717, 1.165) is 0 Å². The molecule has 0 amide bonds. The second kappa shape index (κ2) is 4.95. The van der Waals surface area contributed by atoms with Crippen molar-refractivity contribution in [3.8, 4) is 0 Å². The molecule has 5 rings (SSSR count). The number of hydrogen-bond acceptors (Lipinski definition) is 0. The zero-order valence-electron chi connectivity index (χ0n) is 14.1. The number of fused-ring (bicyclic) bond motifs is 7. The lowest BCUT2D eigenvalue weighted by Crippen LogP contribution is -2.22. The smallest absolute Gasteiger partial charge is 0.0205 e. The SMILES string of the molecule is Cc1ccc2c(c1)C1C(=CC=C3C=Cc4ccc(C)cc4C31)C=C2. The van der Waals surface area contributed by atoms with Gasteiger partial charge in [0.25, 0.3) is 0 Å². The Morgan fingerprint density at radius 3 is 1.50 bits per heavy atom. The summed E-state index contributed by atoms with van der Waals surface area (Å²) in [5.41, 5.74) is 11.2. The first kappa shape index (κ1) is 13.8. The molecule has 0 N–H and O–H groups in total. The molecule has 0 radical (unpaired) electrons. The fourth-order valence-electron chi connectivity index (χ4n) is 4.42. The van der Waals surface area contributed by atoms with Gasteiger partial charge in [-0.1, -0.05) is 84.0 Å². The van der Waals surface area contributed by atoms with E-state index in [1.807, 2.05) is 0 Å². The molecule has 0 saturated carbocycles. The lowest BCUT2D eigenvalue weighted by molar-refractivity contribution is 0.673. The minimum absolute atomic E-state index is 0.426. The van der Waals surface area contributed by atoms with Crippen molar-refractivity contribution in [2.75, 3.05) is 0 Å². The molecule has 2 atom stereocenters. The van der Waals surface area contributed by atoms with Crippen LogP contribution < -0.4 is 0 Å². The zero-order valence-corrected chi connectivity index (χ0v) is 14.1. The van der Waals surface area contributed by atoms with Crippen LogP contribution in [0.5, 0.6) is 0 Å². The fourth-order valence-corrected chi connectivity index (χ4v) is 4.42. The number of hydrogen-bond donors (Lipinski definition) is 0. The van der Waals surface area contributed by atoms with Crippen molar-refractivity contribution < 1.29 is 0 Å². The fraction of sp³-hybridized carbons (Fsp3) is 0.167. The average Bonchev–Trinajstić information content (AvgIpc) is 2.60. The van der Waals surface area contributed by atoms with Crippen LogP contribution in [0.3, 0.4) is 0 Å². The molecule has 0 aromatic heterocycles. The third kappa shape index (κ3) is 1.93. The molecule has 0 spiro atoms. The van der Waals surface area contributed by atoms with Crippen molar-refractivity contribution in [2.45, 2.75) is 25.7 Å². The van der Waals surface area contributed by atoms with Crippen LogP contribution in [-0.2, 0) is 0 Å². The highest BCUT2D eigenvalue weighted by Crippen LogP contribution is 2.52. The number of benzene rings is 2. The van der Waals surface area contributed by atoms with E-state index in [1.165, 1.54) is 44.5 Å². The molecule has 2 unspecified atom stereocenters. The highest BCUT2D eigenvalue weighted by molar-refractivity contribution is 5.73. The van der Waals surface area contributed by atoms with Crippen LogP contribution in [0, 0.1) is 13.8 Å². The molecule has 0 aliphatic heterocycles. The molecular formula is C24H20. The Hall–Kier alpha value is -2.60. The molecule has 0 fully saturated rings. The van der Waals surface area contributed by atoms with E-state index in [-0.39, 0.29) is 0 Å². The van der Waals surface area contributed by atoms with Gasteiger partial charge in [0.1, 0.15) is 0 Å². The standard InChI is InChI=1S/C24H20/c1-15-3-5-17-7-9-19-11-12-20-10-8-18-6-4-16(2)14-22(18)24(20)23(19)21(17)13-15/h3-14,23-24H,1-2H3. The van der Waals surface area contributed by atoms with Gasteiger partial charge < -0.3 is 0 Å². The average molecular weight is 308 g/mol. The summed E-state index contributed by atoms with van der Waals surface area (Å²) in [6.07, 6.45) is 13.8. The van der Waals surface area contributed by atoms with Gasteiger partial charge in [-0.3, -0.25) is 0 Å². The second-order valence-electron chi connectivity index (χ2n) is 7.22. The van der Waals surface area contributed by atoms with Crippen LogP contribution in [0.4, 0.5) is 0 Å². The van der Waals surface area contributed by atoms with Gasteiger partial charge >= 0.3 is 0 Å². The first-order valence-corrected chi connectivity index (χ1v) is 8.70. The van der Waals surface area contributed by atoms with Gasteiger partial charge in [-0.25, -0.2) is 0 Å². The summed E-state index contributed by atoms with van der Waals surface area (Å²) >= 11 is 0. The number of allylic oxidation sites excluding steroid dienone is 6. The van der Waals surface area contributed by atoms with Crippen molar-refractivity contribution in [1.29, 1.82) is 0 Å². The summed E-state index contributed by atoms with van der Waals surface area (Å²) in [5.74, 6) is 0.853. The van der Waals surface area contributed by atoms with Crippen LogP contribution in [0.1, 0.15) is 45.2 Å². The van der Waals surface area contributed by atoms with Gasteiger partial charge in [-0.15, -0.1) is 0 Å². The molecule has 2 aromatic carbocycles. The van der Waals surface area contributed by atoms with E-state index in [1.54, 1.807) is 0 Å². The quantitative estimate of drug-likeness (QED) is 0.552. The molecular weight excluding hydrogens is 288 g/mol. The molecule has 3 aliphatic rings. The van der Waals surface area contributed by atoms with Gasteiger partial charge in [-0.05, 0) is 47.2 Å². The largest absolute Gasteiger partial charge is 0.0587 e. The molecule has 24 heavy (non-hydrogen) atoms. The Labute approximate surface area is 143 Å². The minimum Gasteiger partial charge on any atom is -0.0587 e. The highest BCUT2D eigenvalue weighted by Gasteiger charge is 2.36. The van der Waals surface area contributed by atoms with Crippen LogP contribution >= 0.6 is 0 Å². The van der Waals surface area contributed by atoms with E-state index in [9.17, 15) is 0 Å². The molecule has 0 nitrogen and oxygen atoms in total. The minimum atomic E-state index is 0.426. The van der Waals surface area contributed by atoms with Crippen molar-refractivity contribution >= 4 is 12.2 Å². The van der Waals surface area contributed by atoms with Crippen LogP contribution in [0.25, 0.3) is 12.2 Å². The van der Waals surface area contributed by atoms with E-state index in [0.29, 0.717) is 11.8 Å². The summed E-state index contributed by atoms with van der Waals surface area (Å²) in [4.78, 5) is 0. The summed E-state index contributed by atoms with van der Waals surface area (Å²) in [6.45, 7) is 4.39.